The van der Waals surface area contributed by atoms with Gasteiger partial charge in [-0.1, -0.05) is 54.6 Å². The third-order valence-electron chi connectivity index (χ3n) is 5.18. The van der Waals surface area contributed by atoms with E-state index in [4.69, 9.17) is 4.74 Å². The highest BCUT2D eigenvalue weighted by atomic mass is 16.5. The van der Waals surface area contributed by atoms with Gasteiger partial charge in [0.1, 0.15) is 5.72 Å². The number of hydrogen-bond acceptors (Lipinski definition) is 2. The predicted octanol–water partition coefficient (Wildman–Crippen LogP) is 3.88. The van der Waals surface area contributed by atoms with E-state index in [1.165, 1.54) is 16.7 Å². The molecule has 0 spiro atoms. The van der Waals surface area contributed by atoms with E-state index in [0.717, 1.165) is 12.8 Å². The maximum atomic E-state index is 13.0. The Morgan fingerprint density at radius 1 is 1.12 bits per heavy atom. The molecule has 1 fully saturated rings. The molecule has 0 N–H and O–H groups in total. The Hall–Kier alpha value is -2.13. The molecule has 2 aliphatic rings. The van der Waals surface area contributed by atoms with E-state index in [9.17, 15) is 4.79 Å². The molecule has 2 aromatic rings. The average Bonchev–Trinajstić information content (AvgIpc) is 3.04. The molecule has 1 unspecified atom stereocenters. The maximum absolute atomic E-state index is 13.0. The van der Waals surface area contributed by atoms with Crippen LogP contribution in [0.25, 0.3) is 0 Å². The zero-order valence-corrected chi connectivity index (χ0v) is 14.2. The second-order valence-electron chi connectivity index (χ2n) is 7.20. The Bertz CT molecular complexity index is 753. The second kappa shape index (κ2) is 5.75. The summed E-state index contributed by atoms with van der Waals surface area (Å²) in [6.07, 6.45) is 2.26. The molecule has 3 heteroatoms. The van der Waals surface area contributed by atoms with E-state index in [-0.39, 0.29) is 18.1 Å². The number of carbonyl (C=O) groups excluding carboxylic acids is 1. The molecule has 4 rings (SSSR count). The molecule has 124 valence electrons. The van der Waals surface area contributed by atoms with E-state index >= 15 is 0 Å². The Balaban J connectivity index is 1.57. The number of amides is 1. The standard InChI is InChI=1S/C21H23NO2/c1-21(2)22(19(23)13-12-15-8-4-3-5-9-15)20-17-11-7-6-10-16(17)14-18(20)24-21/h3-11,18,20H,12-14H2,1-2H3/t18-,20?/m1/s1. The predicted molar refractivity (Wildman–Crippen MR) is 93.4 cm³/mol. The van der Waals surface area contributed by atoms with Crippen LogP contribution in [0.15, 0.2) is 54.6 Å². The van der Waals surface area contributed by atoms with Crippen molar-refractivity contribution in [3.63, 3.8) is 0 Å². The van der Waals surface area contributed by atoms with Crippen molar-refractivity contribution in [3.8, 4) is 0 Å². The summed E-state index contributed by atoms with van der Waals surface area (Å²) >= 11 is 0. The van der Waals surface area contributed by atoms with Crippen molar-refractivity contribution in [1.29, 1.82) is 0 Å². The van der Waals surface area contributed by atoms with Gasteiger partial charge in [-0.2, -0.15) is 0 Å². The van der Waals surface area contributed by atoms with E-state index in [1.807, 2.05) is 36.9 Å². The summed E-state index contributed by atoms with van der Waals surface area (Å²) in [4.78, 5) is 15.0. The zero-order chi connectivity index (χ0) is 16.7. The van der Waals surface area contributed by atoms with Gasteiger partial charge < -0.3 is 9.64 Å². The molecule has 0 radical (unpaired) electrons. The molecule has 0 aromatic heterocycles. The van der Waals surface area contributed by atoms with E-state index in [0.29, 0.717) is 6.42 Å². The number of hydrogen-bond donors (Lipinski definition) is 0. The van der Waals surface area contributed by atoms with Crippen LogP contribution in [0, 0.1) is 0 Å². The van der Waals surface area contributed by atoms with Crippen molar-refractivity contribution in [3.05, 3.63) is 71.3 Å². The fourth-order valence-corrected chi connectivity index (χ4v) is 4.18. The van der Waals surface area contributed by atoms with Crippen molar-refractivity contribution >= 4 is 5.91 Å². The molecule has 2 aromatic carbocycles. The smallest absolute Gasteiger partial charge is 0.225 e. The third-order valence-corrected chi connectivity index (χ3v) is 5.18. The Morgan fingerprint density at radius 3 is 2.62 bits per heavy atom. The number of carbonyl (C=O) groups is 1. The van der Waals surface area contributed by atoms with Crippen LogP contribution in [0.5, 0.6) is 0 Å². The highest BCUT2D eigenvalue weighted by molar-refractivity contribution is 5.78. The Morgan fingerprint density at radius 2 is 1.83 bits per heavy atom. The number of ether oxygens (including phenoxy) is 1. The van der Waals surface area contributed by atoms with Crippen molar-refractivity contribution in [2.45, 2.75) is 51.0 Å². The van der Waals surface area contributed by atoms with Crippen molar-refractivity contribution < 1.29 is 9.53 Å². The third kappa shape index (κ3) is 2.53. The largest absolute Gasteiger partial charge is 0.350 e. The Labute approximate surface area is 143 Å². The molecule has 1 amide bonds. The van der Waals surface area contributed by atoms with Crippen LogP contribution in [-0.2, 0) is 22.4 Å². The molecule has 3 nitrogen and oxygen atoms in total. The first-order chi connectivity index (χ1) is 11.6. The number of benzene rings is 2. The van der Waals surface area contributed by atoms with Crippen LogP contribution in [0.1, 0.15) is 43.0 Å². The summed E-state index contributed by atoms with van der Waals surface area (Å²) in [5.74, 6) is 0.174. The molecular weight excluding hydrogens is 298 g/mol. The summed E-state index contributed by atoms with van der Waals surface area (Å²) in [5.41, 5.74) is 3.22. The highest BCUT2D eigenvalue weighted by Gasteiger charge is 2.53. The summed E-state index contributed by atoms with van der Waals surface area (Å²) < 4.78 is 6.25. The van der Waals surface area contributed by atoms with Gasteiger partial charge in [0, 0.05) is 12.8 Å². The molecule has 0 saturated carbocycles. The lowest BCUT2D eigenvalue weighted by Gasteiger charge is -2.34. The van der Waals surface area contributed by atoms with Crippen LogP contribution in [0.2, 0.25) is 0 Å². The lowest BCUT2D eigenvalue weighted by molar-refractivity contribution is -0.147. The molecular formula is C21H23NO2. The van der Waals surface area contributed by atoms with Gasteiger partial charge in [0.2, 0.25) is 5.91 Å². The number of rotatable bonds is 3. The maximum Gasteiger partial charge on any atom is 0.225 e. The van der Waals surface area contributed by atoms with Crippen LogP contribution in [0.3, 0.4) is 0 Å². The monoisotopic (exact) mass is 321 g/mol. The average molecular weight is 321 g/mol. The Kier molecular flexibility index (Phi) is 3.69. The van der Waals surface area contributed by atoms with Gasteiger partial charge in [-0.15, -0.1) is 0 Å². The fourth-order valence-electron chi connectivity index (χ4n) is 4.18. The molecule has 1 aliphatic heterocycles. The van der Waals surface area contributed by atoms with E-state index in [1.54, 1.807) is 0 Å². The minimum atomic E-state index is -0.545. The normalized spacial score (nSPS) is 23.8. The van der Waals surface area contributed by atoms with Crippen molar-refractivity contribution in [2.24, 2.45) is 0 Å². The molecule has 0 bridgehead atoms. The SMILES string of the molecule is CC1(C)O[C@@H]2Cc3ccccc3C2N1C(=O)CCc1ccccc1. The highest BCUT2D eigenvalue weighted by Crippen LogP contribution is 2.48. The zero-order valence-electron chi connectivity index (χ0n) is 14.2. The summed E-state index contributed by atoms with van der Waals surface area (Å²) in [7, 11) is 0. The fraction of sp³-hybridized carbons (Fsp3) is 0.381. The molecule has 1 aliphatic carbocycles. The van der Waals surface area contributed by atoms with Gasteiger partial charge >= 0.3 is 0 Å². The van der Waals surface area contributed by atoms with Gasteiger partial charge in [-0.25, -0.2) is 0 Å². The van der Waals surface area contributed by atoms with Gasteiger partial charge in [-0.3, -0.25) is 4.79 Å². The number of aryl methyl sites for hydroxylation is 1. The van der Waals surface area contributed by atoms with Gasteiger partial charge in [0.05, 0.1) is 12.1 Å². The first kappa shape index (κ1) is 15.4. The number of nitrogens with zero attached hydrogens (tertiary/aromatic N) is 1. The van der Waals surface area contributed by atoms with Crippen molar-refractivity contribution in [1.82, 2.24) is 4.90 Å². The topological polar surface area (TPSA) is 29.5 Å². The van der Waals surface area contributed by atoms with Crippen LogP contribution in [0.4, 0.5) is 0 Å². The minimum Gasteiger partial charge on any atom is -0.350 e. The molecule has 1 heterocycles. The quantitative estimate of drug-likeness (QED) is 0.858. The van der Waals surface area contributed by atoms with Crippen LogP contribution in [-0.4, -0.2) is 22.6 Å². The summed E-state index contributed by atoms with van der Waals surface area (Å²) in [5, 5.41) is 0. The minimum absolute atomic E-state index is 0.0551. The summed E-state index contributed by atoms with van der Waals surface area (Å²) in [6, 6.07) is 18.7. The first-order valence-electron chi connectivity index (χ1n) is 8.68. The molecule has 24 heavy (non-hydrogen) atoms. The van der Waals surface area contributed by atoms with Crippen LogP contribution >= 0.6 is 0 Å². The first-order valence-corrected chi connectivity index (χ1v) is 8.68. The van der Waals surface area contributed by atoms with E-state index in [2.05, 4.69) is 36.4 Å². The van der Waals surface area contributed by atoms with Crippen LogP contribution < -0.4 is 0 Å². The summed E-state index contributed by atoms with van der Waals surface area (Å²) in [6.45, 7) is 4.02. The lowest BCUT2D eigenvalue weighted by atomic mass is 10.0. The molecule has 1 saturated heterocycles. The van der Waals surface area contributed by atoms with Crippen molar-refractivity contribution in [2.75, 3.05) is 0 Å². The van der Waals surface area contributed by atoms with Gasteiger partial charge in [0.15, 0.2) is 0 Å². The van der Waals surface area contributed by atoms with Gasteiger partial charge in [0.25, 0.3) is 0 Å². The lowest BCUT2D eigenvalue weighted by Crippen LogP contribution is -2.44. The molecule has 2 atom stereocenters. The second-order valence-corrected chi connectivity index (χ2v) is 7.20. The van der Waals surface area contributed by atoms with E-state index < -0.39 is 5.72 Å². The number of fused-ring (bicyclic) bond motifs is 3. The van der Waals surface area contributed by atoms with Gasteiger partial charge in [-0.05, 0) is 37.0 Å².